The summed E-state index contributed by atoms with van der Waals surface area (Å²) in [5.41, 5.74) is 2.38. The number of hydrazone groups is 1. The maximum atomic E-state index is 12.5. The van der Waals surface area contributed by atoms with Gasteiger partial charge in [0.25, 0.3) is 10.0 Å². The molecule has 158 valence electrons. The lowest BCUT2D eigenvalue weighted by Gasteiger charge is -2.11. The number of unbranched alkanes of at least 4 members (excludes halogenated alkanes) is 3. The minimum absolute atomic E-state index is 0.213. The zero-order chi connectivity index (χ0) is 21.3. The molecule has 2 aromatic rings. The van der Waals surface area contributed by atoms with Crippen LogP contribution in [0.2, 0.25) is 0 Å². The van der Waals surface area contributed by atoms with E-state index >= 15 is 0 Å². The van der Waals surface area contributed by atoms with Crippen molar-refractivity contribution in [2.75, 3.05) is 13.7 Å². The first-order chi connectivity index (χ1) is 13.9. The second kappa shape index (κ2) is 10.9. The summed E-state index contributed by atoms with van der Waals surface area (Å²) in [5.74, 6) is 1.25. The Morgan fingerprint density at radius 2 is 1.83 bits per heavy atom. The topological polar surface area (TPSA) is 77.0 Å². The molecular weight excluding hydrogens is 388 g/mol. The van der Waals surface area contributed by atoms with Gasteiger partial charge in [0.05, 0.1) is 24.8 Å². The molecule has 0 bridgehead atoms. The van der Waals surface area contributed by atoms with Crippen LogP contribution in [0.4, 0.5) is 0 Å². The molecule has 0 radical (unpaired) electrons. The summed E-state index contributed by atoms with van der Waals surface area (Å²) in [5, 5.41) is 3.89. The molecule has 29 heavy (non-hydrogen) atoms. The molecule has 6 nitrogen and oxygen atoms in total. The third kappa shape index (κ3) is 6.78. The van der Waals surface area contributed by atoms with Gasteiger partial charge in [-0.25, -0.2) is 4.83 Å². The van der Waals surface area contributed by atoms with Crippen molar-refractivity contribution >= 4 is 16.2 Å². The lowest BCUT2D eigenvalue weighted by atomic mass is 10.2. The molecule has 2 aromatic carbocycles. The highest BCUT2D eigenvalue weighted by molar-refractivity contribution is 7.89. The molecule has 0 aliphatic heterocycles. The third-order valence-corrected chi connectivity index (χ3v) is 5.83. The van der Waals surface area contributed by atoms with Crippen LogP contribution >= 0.6 is 0 Å². The van der Waals surface area contributed by atoms with E-state index in [0.29, 0.717) is 29.2 Å². The van der Waals surface area contributed by atoms with Gasteiger partial charge in [-0.15, -0.1) is 0 Å². The Hall–Kier alpha value is -2.54. The molecule has 0 aliphatic carbocycles. The number of hydrogen-bond acceptors (Lipinski definition) is 5. The monoisotopic (exact) mass is 418 g/mol. The van der Waals surface area contributed by atoms with Crippen molar-refractivity contribution in [2.24, 2.45) is 5.10 Å². The van der Waals surface area contributed by atoms with Crippen LogP contribution in [-0.4, -0.2) is 28.3 Å². The minimum atomic E-state index is -3.73. The highest BCUT2D eigenvalue weighted by Gasteiger charge is 2.15. The van der Waals surface area contributed by atoms with Gasteiger partial charge in [-0.2, -0.15) is 13.5 Å². The quantitative estimate of drug-likeness (QED) is 0.329. The average molecular weight is 419 g/mol. The summed E-state index contributed by atoms with van der Waals surface area (Å²) in [7, 11) is -2.15. The predicted molar refractivity (Wildman–Crippen MR) is 116 cm³/mol. The largest absolute Gasteiger partial charge is 0.493 e. The number of nitrogens with one attached hydrogen (secondary N) is 1. The fourth-order valence-electron chi connectivity index (χ4n) is 2.91. The van der Waals surface area contributed by atoms with E-state index in [4.69, 9.17) is 9.47 Å². The van der Waals surface area contributed by atoms with Crippen molar-refractivity contribution in [3.05, 3.63) is 53.1 Å². The number of ether oxygens (including phenoxy) is 2. The second-order valence-corrected chi connectivity index (χ2v) is 8.57. The molecule has 0 spiro atoms. The number of benzene rings is 2. The lowest BCUT2D eigenvalue weighted by molar-refractivity contribution is 0.285. The lowest BCUT2D eigenvalue weighted by Crippen LogP contribution is -2.19. The molecule has 0 amide bonds. The van der Waals surface area contributed by atoms with Crippen LogP contribution in [0.15, 0.2) is 46.4 Å². The van der Waals surface area contributed by atoms with Crippen molar-refractivity contribution in [3.8, 4) is 11.5 Å². The molecule has 2 rings (SSSR count). The smallest absolute Gasteiger partial charge is 0.276 e. The Morgan fingerprint density at radius 3 is 2.52 bits per heavy atom. The summed E-state index contributed by atoms with van der Waals surface area (Å²) in [6, 6.07) is 10.5. The Morgan fingerprint density at radius 1 is 1.03 bits per heavy atom. The van der Waals surface area contributed by atoms with Crippen LogP contribution < -0.4 is 14.3 Å². The van der Waals surface area contributed by atoms with Gasteiger partial charge >= 0.3 is 0 Å². The van der Waals surface area contributed by atoms with Crippen molar-refractivity contribution < 1.29 is 17.9 Å². The summed E-state index contributed by atoms with van der Waals surface area (Å²) in [4.78, 5) is 2.47. The summed E-state index contributed by atoms with van der Waals surface area (Å²) >= 11 is 0. The number of aryl methyl sites for hydroxylation is 2. The van der Waals surface area contributed by atoms with Crippen LogP contribution in [0.1, 0.15) is 49.3 Å². The zero-order valence-corrected chi connectivity index (χ0v) is 18.4. The summed E-state index contributed by atoms with van der Waals surface area (Å²) in [6.45, 7) is 6.49. The molecule has 0 aromatic heterocycles. The van der Waals surface area contributed by atoms with Crippen LogP contribution in [0.5, 0.6) is 11.5 Å². The van der Waals surface area contributed by atoms with Crippen LogP contribution in [0, 0.1) is 13.8 Å². The van der Waals surface area contributed by atoms with E-state index in [-0.39, 0.29) is 4.90 Å². The molecule has 0 atom stereocenters. The Kier molecular flexibility index (Phi) is 8.51. The fourth-order valence-corrected chi connectivity index (χ4v) is 3.93. The van der Waals surface area contributed by atoms with Crippen molar-refractivity contribution in [2.45, 2.75) is 51.3 Å². The summed E-state index contributed by atoms with van der Waals surface area (Å²) < 4.78 is 36.1. The second-order valence-electron chi connectivity index (χ2n) is 6.94. The first-order valence-corrected chi connectivity index (χ1v) is 11.3. The number of methoxy groups -OCH3 is 1. The maximum Gasteiger partial charge on any atom is 0.276 e. The van der Waals surface area contributed by atoms with Crippen LogP contribution in [0.25, 0.3) is 0 Å². The average Bonchev–Trinajstić information content (AvgIpc) is 2.68. The molecule has 7 heteroatoms. The number of sulfonamides is 1. The molecule has 0 saturated carbocycles. The Labute approximate surface area is 174 Å². The number of nitrogens with zero attached hydrogens (tertiary/aromatic N) is 1. The van der Waals surface area contributed by atoms with Crippen molar-refractivity contribution in [1.82, 2.24) is 4.83 Å². The van der Waals surface area contributed by atoms with Gasteiger partial charge in [0.2, 0.25) is 0 Å². The van der Waals surface area contributed by atoms with Gasteiger partial charge in [0, 0.05) is 0 Å². The highest BCUT2D eigenvalue weighted by atomic mass is 32.2. The van der Waals surface area contributed by atoms with Crippen molar-refractivity contribution in [3.63, 3.8) is 0 Å². The molecule has 1 N–H and O–H groups in total. The predicted octanol–water partition coefficient (Wildman–Crippen LogP) is 4.58. The maximum absolute atomic E-state index is 12.5. The molecular formula is C22H30N2O4S. The van der Waals surface area contributed by atoms with Gasteiger partial charge in [-0.3, -0.25) is 0 Å². The van der Waals surface area contributed by atoms with E-state index < -0.39 is 10.0 Å². The Balaban J connectivity index is 2.02. The standard InChI is InChI=1S/C22H30N2O4S/c1-5-6-7-8-13-28-20-11-10-19(15-21(20)27-4)16-23-24-29(25,26)22-12-9-17(2)14-18(22)3/h9-12,14-16,24H,5-8,13H2,1-4H3/b23-16+. The van der Waals surface area contributed by atoms with Crippen molar-refractivity contribution in [1.29, 1.82) is 0 Å². The van der Waals surface area contributed by atoms with Crippen LogP contribution in [0.3, 0.4) is 0 Å². The van der Waals surface area contributed by atoms with E-state index in [2.05, 4.69) is 16.9 Å². The zero-order valence-electron chi connectivity index (χ0n) is 17.6. The first kappa shape index (κ1) is 22.7. The van der Waals surface area contributed by atoms with Gasteiger partial charge in [-0.1, -0.05) is 43.9 Å². The number of hydrogen-bond donors (Lipinski definition) is 1. The van der Waals surface area contributed by atoms with Gasteiger partial charge in [0.1, 0.15) is 0 Å². The first-order valence-electron chi connectivity index (χ1n) is 9.80. The van der Waals surface area contributed by atoms with Crippen LogP contribution in [-0.2, 0) is 10.0 Å². The molecule has 0 aliphatic rings. The molecule has 0 heterocycles. The summed E-state index contributed by atoms with van der Waals surface area (Å²) in [6.07, 6.45) is 5.97. The highest BCUT2D eigenvalue weighted by Crippen LogP contribution is 2.28. The Bertz CT molecular complexity index is 940. The molecule has 0 saturated heterocycles. The SMILES string of the molecule is CCCCCCOc1ccc(/C=N/NS(=O)(=O)c2ccc(C)cc2C)cc1OC. The van der Waals surface area contributed by atoms with E-state index in [1.165, 1.54) is 19.1 Å². The van der Waals surface area contributed by atoms with E-state index in [1.807, 2.05) is 13.0 Å². The van der Waals surface area contributed by atoms with E-state index in [9.17, 15) is 8.42 Å². The minimum Gasteiger partial charge on any atom is -0.493 e. The van der Waals surface area contributed by atoms with Gasteiger partial charge < -0.3 is 9.47 Å². The van der Waals surface area contributed by atoms with E-state index in [0.717, 1.165) is 18.4 Å². The number of rotatable bonds is 11. The molecule has 0 fully saturated rings. The third-order valence-electron chi connectivity index (χ3n) is 4.45. The molecule has 0 unspecified atom stereocenters. The fraction of sp³-hybridized carbons (Fsp3) is 0.409. The van der Waals surface area contributed by atoms with E-state index in [1.54, 1.807) is 44.4 Å². The van der Waals surface area contributed by atoms with Gasteiger partial charge in [0.15, 0.2) is 11.5 Å². The van der Waals surface area contributed by atoms with Gasteiger partial charge in [-0.05, 0) is 55.7 Å². The normalized spacial score (nSPS) is 11.6.